The number of hydrogen-bond donors (Lipinski definition) is 2. The van der Waals surface area contributed by atoms with E-state index in [1.165, 1.54) is 0 Å². The van der Waals surface area contributed by atoms with Crippen LogP contribution in [-0.2, 0) is 4.79 Å². The summed E-state index contributed by atoms with van der Waals surface area (Å²) in [6.45, 7) is 0.743. The molecule has 0 spiro atoms. The molecule has 66 valence electrons. The molecule has 1 atom stereocenters. The number of nitrogens with zero attached hydrogens (tertiary/aromatic N) is 1. The molecule has 4 nitrogen and oxygen atoms in total. The van der Waals surface area contributed by atoms with E-state index in [4.69, 9.17) is 10.8 Å². The fourth-order valence-corrected chi connectivity index (χ4v) is 0.869. The molecule has 0 rings (SSSR count). The molecule has 0 aliphatic carbocycles. The first-order chi connectivity index (χ1) is 5.02. The van der Waals surface area contributed by atoms with E-state index in [0.717, 1.165) is 6.54 Å². The molecule has 0 aliphatic heterocycles. The highest BCUT2D eigenvalue weighted by Gasteiger charge is 2.05. The lowest BCUT2D eigenvalue weighted by Gasteiger charge is -2.15. The summed E-state index contributed by atoms with van der Waals surface area (Å²) in [7, 11) is 3.83. The summed E-state index contributed by atoms with van der Waals surface area (Å²) in [5.74, 6) is -0.779. The fraction of sp³-hybridized carbons (Fsp3) is 0.857. The Morgan fingerprint density at radius 3 is 2.55 bits per heavy atom. The number of rotatable bonds is 5. The Kier molecular flexibility index (Phi) is 4.81. The minimum absolute atomic E-state index is 0.0268. The van der Waals surface area contributed by atoms with E-state index in [1.807, 2.05) is 19.0 Å². The maximum absolute atomic E-state index is 10.1. The Morgan fingerprint density at radius 2 is 2.18 bits per heavy atom. The fourth-order valence-electron chi connectivity index (χ4n) is 0.869. The van der Waals surface area contributed by atoms with Crippen LogP contribution in [0.4, 0.5) is 0 Å². The molecule has 4 heteroatoms. The lowest BCUT2D eigenvalue weighted by atomic mass is 10.1. The molecule has 0 amide bonds. The van der Waals surface area contributed by atoms with Crippen molar-refractivity contribution in [1.29, 1.82) is 0 Å². The largest absolute Gasteiger partial charge is 0.481 e. The third-order valence-corrected chi connectivity index (χ3v) is 1.33. The number of nitrogens with two attached hydrogens (primary N) is 1. The molecule has 0 heterocycles. The van der Waals surface area contributed by atoms with Crippen LogP contribution in [0.2, 0.25) is 0 Å². The number of likely N-dealkylation sites (N-methyl/N-ethyl adjacent to an activating group) is 1. The smallest absolute Gasteiger partial charge is 0.303 e. The second kappa shape index (κ2) is 5.09. The van der Waals surface area contributed by atoms with Gasteiger partial charge in [-0.2, -0.15) is 0 Å². The van der Waals surface area contributed by atoms with Crippen LogP contribution in [0.3, 0.4) is 0 Å². The number of carboxylic acid groups (broad SMARTS) is 1. The van der Waals surface area contributed by atoms with Crippen LogP contribution in [0.25, 0.3) is 0 Å². The van der Waals surface area contributed by atoms with Gasteiger partial charge < -0.3 is 15.7 Å². The predicted molar refractivity (Wildman–Crippen MR) is 43.4 cm³/mol. The quantitative estimate of drug-likeness (QED) is 0.581. The summed E-state index contributed by atoms with van der Waals surface area (Å²) >= 11 is 0. The van der Waals surface area contributed by atoms with Gasteiger partial charge in [0.25, 0.3) is 0 Å². The van der Waals surface area contributed by atoms with E-state index in [0.29, 0.717) is 6.42 Å². The van der Waals surface area contributed by atoms with Crippen molar-refractivity contribution in [3.8, 4) is 0 Å². The zero-order valence-corrected chi connectivity index (χ0v) is 7.08. The standard InChI is InChI=1S/C7H16N2O2/c1-9(2)5-6(8)3-4-7(10)11/h6H,3-5,8H2,1-2H3,(H,10,11). The number of hydrogen-bond acceptors (Lipinski definition) is 3. The maximum Gasteiger partial charge on any atom is 0.303 e. The minimum Gasteiger partial charge on any atom is -0.481 e. The number of aliphatic carboxylic acids is 1. The Bertz CT molecular complexity index is 126. The van der Waals surface area contributed by atoms with Gasteiger partial charge in [0.1, 0.15) is 0 Å². The maximum atomic E-state index is 10.1. The van der Waals surface area contributed by atoms with Gasteiger partial charge in [0.05, 0.1) is 0 Å². The Hall–Kier alpha value is -0.610. The van der Waals surface area contributed by atoms with Crippen molar-refractivity contribution in [2.45, 2.75) is 18.9 Å². The Labute approximate surface area is 67.0 Å². The summed E-state index contributed by atoms with van der Waals surface area (Å²) in [5.41, 5.74) is 5.62. The van der Waals surface area contributed by atoms with Crippen molar-refractivity contribution in [2.24, 2.45) is 5.73 Å². The molecular formula is C7H16N2O2. The van der Waals surface area contributed by atoms with Crippen molar-refractivity contribution in [3.63, 3.8) is 0 Å². The van der Waals surface area contributed by atoms with Crippen molar-refractivity contribution in [1.82, 2.24) is 4.90 Å². The first-order valence-electron chi connectivity index (χ1n) is 3.64. The first kappa shape index (κ1) is 10.4. The van der Waals surface area contributed by atoms with Crippen molar-refractivity contribution < 1.29 is 9.90 Å². The van der Waals surface area contributed by atoms with Gasteiger partial charge in [-0.15, -0.1) is 0 Å². The molecule has 0 saturated heterocycles. The highest BCUT2D eigenvalue weighted by atomic mass is 16.4. The summed E-state index contributed by atoms with van der Waals surface area (Å²) in [6.07, 6.45) is 0.711. The van der Waals surface area contributed by atoms with Crippen molar-refractivity contribution in [2.75, 3.05) is 20.6 Å². The van der Waals surface area contributed by atoms with Crippen LogP contribution in [0.1, 0.15) is 12.8 Å². The molecule has 0 aromatic rings. The molecule has 0 radical (unpaired) electrons. The van der Waals surface area contributed by atoms with Crippen LogP contribution >= 0.6 is 0 Å². The van der Waals surface area contributed by atoms with Crippen LogP contribution in [-0.4, -0.2) is 42.7 Å². The highest BCUT2D eigenvalue weighted by molar-refractivity contribution is 5.66. The van der Waals surface area contributed by atoms with Gasteiger partial charge in [0.15, 0.2) is 0 Å². The van der Waals surface area contributed by atoms with Crippen molar-refractivity contribution in [3.05, 3.63) is 0 Å². The van der Waals surface area contributed by atoms with Gasteiger partial charge in [-0.3, -0.25) is 4.79 Å². The molecule has 0 saturated carbocycles. The zero-order chi connectivity index (χ0) is 8.85. The second-order valence-corrected chi connectivity index (χ2v) is 2.95. The minimum atomic E-state index is -0.779. The zero-order valence-electron chi connectivity index (χ0n) is 7.08. The Morgan fingerprint density at radius 1 is 1.64 bits per heavy atom. The normalized spacial score (nSPS) is 13.5. The monoisotopic (exact) mass is 160 g/mol. The summed E-state index contributed by atoms with van der Waals surface area (Å²) in [5, 5.41) is 8.33. The van der Waals surface area contributed by atoms with E-state index in [9.17, 15) is 4.79 Å². The average molecular weight is 160 g/mol. The van der Waals surface area contributed by atoms with E-state index >= 15 is 0 Å². The highest BCUT2D eigenvalue weighted by Crippen LogP contribution is 1.95. The summed E-state index contributed by atoms with van der Waals surface area (Å²) in [6, 6.07) is -0.0268. The molecule has 0 fully saturated rings. The van der Waals surface area contributed by atoms with Gasteiger partial charge in [-0.25, -0.2) is 0 Å². The molecule has 0 bridgehead atoms. The van der Waals surface area contributed by atoms with E-state index in [2.05, 4.69) is 0 Å². The average Bonchev–Trinajstić information content (AvgIpc) is 1.82. The van der Waals surface area contributed by atoms with Crippen LogP contribution in [0.5, 0.6) is 0 Å². The topological polar surface area (TPSA) is 66.6 Å². The first-order valence-corrected chi connectivity index (χ1v) is 3.64. The number of carboxylic acids is 1. The van der Waals surface area contributed by atoms with Gasteiger partial charge in [-0.05, 0) is 20.5 Å². The Balaban J connectivity index is 3.37. The predicted octanol–water partition coefficient (Wildman–Crippen LogP) is -0.260. The lowest BCUT2D eigenvalue weighted by Crippen LogP contribution is -2.33. The molecule has 3 N–H and O–H groups in total. The molecule has 0 aromatic carbocycles. The van der Waals surface area contributed by atoms with E-state index in [-0.39, 0.29) is 12.5 Å². The summed E-state index contributed by atoms with van der Waals surface area (Å²) in [4.78, 5) is 12.1. The van der Waals surface area contributed by atoms with Gasteiger partial charge in [0.2, 0.25) is 0 Å². The van der Waals surface area contributed by atoms with Crippen LogP contribution in [0.15, 0.2) is 0 Å². The molecule has 0 aromatic heterocycles. The number of carbonyl (C=O) groups is 1. The molecular weight excluding hydrogens is 144 g/mol. The van der Waals surface area contributed by atoms with Gasteiger partial charge in [0, 0.05) is 19.0 Å². The van der Waals surface area contributed by atoms with Crippen LogP contribution in [0, 0.1) is 0 Å². The van der Waals surface area contributed by atoms with Crippen molar-refractivity contribution >= 4 is 5.97 Å². The third kappa shape index (κ3) is 7.29. The molecule has 1 unspecified atom stereocenters. The molecule has 11 heavy (non-hydrogen) atoms. The second-order valence-electron chi connectivity index (χ2n) is 2.95. The van der Waals surface area contributed by atoms with E-state index < -0.39 is 5.97 Å². The molecule has 0 aliphatic rings. The van der Waals surface area contributed by atoms with Crippen LogP contribution < -0.4 is 5.73 Å². The third-order valence-electron chi connectivity index (χ3n) is 1.33. The van der Waals surface area contributed by atoms with E-state index in [1.54, 1.807) is 0 Å². The summed E-state index contributed by atoms with van der Waals surface area (Å²) < 4.78 is 0. The SMILES string of the molecule is CN(C)CC(N)CCC(=O)O. The lowest BCUT2D eigenvalue weighted by molar-refractivity contribution is -0.137. The van der Waals surface area contributed by atoms with Gasteiger partial charge >= 0.3 is 5.97 Å². The van der Waals surface area contributed by atoms with Gasteiger partial charge in [-0.1, -0.05) is 0 Å².